The van der Waals surface area contributed by atoms with Gasteiger partial charge in [0.25, 0.3) is 0 Å². The highest BCUT2D eigenvalue weighted by molar-refractivity contribution is 6.35. The van der Waals surface area contributed by atoms with Crippen LogP contribution in [0.15, 0.2) is 36.7 Å². The number of halogens is 1. The summed E-state index contributed by atoms with van der Waals surface area (Å²) in [6.45, 7) is 3.76. The topological polar surface area (TPSA) is 110 Å². The fourth-order valence-electron chi connectivity index (χ4n) is 3.48. The van der Waals surface area contributed by atoms with E-state index in [0.29, 0.717) is 43.0 Å². The molecule has 0 amide bonds. The molecule has 32 heavy (non-hydrogen) atoms. The summed E-state index contributed by atoms with van der Waals surface area (Å²) in [7, 11) is 0. The molecule has 1 aromatic carbocycles. The smallest absolute Gasteiger partial charge is 0.162 e. The van der Waals surface area contributed by atoms with Crippen molar-refractivity contribution in [3.63, 3.8) is 0 Å². The number of benzene rings is 1. The van der Waals surface area contributed by atoms with Crippen LogP contribution in [0.2, 0.25) is 5.02 Å². The molecule has 10 heteroatoms. The molecule has 1 aliphatic rings. The number of terminal acetylenes is 1. The first-order valence-corrected chi connectivity index (χ1v) is 10.3. The molecule has 0 radical (unpaired) electrons. The molecule has 1 aliphatic heterocycles. The Labute approximate surface area is 189 Å². The second kappa shape index (κ2) is 8.07. The van der Waals surface area contributed by atoms with Crippen LogP contribution < -0.4 is 5.73 Å². The van der Waals surface area contributed by atoms with Crippen LogP contribution in [0.25, 0.3) is 22.8 Å². The predicted molar refractivity (Wildman–Crippen MR) is 120 cm³/mol. The van der Waals surface area contributed by atoms with E-state index in [9.17, 15) is 0 Å². The minimum absolute atomic E-state index is 0.160. The molecule has 0 bridgehead atoms. The molecule has 2 N–H and O–H groups in total. The highest BCUT2D eigenvalue weighted by Gasteiger charge is 2.21. The molecule has 0 atom stereocenters. The van der Waals surface area contributed by atoms with Crippen LogP contribution in [0.5, 0.6) is 0 Å². The summed E-state index contributed by atoms with van der Waals surface area (Å²) in [5.74, 6) is 3.25. The Bertz CT molecular complexity index is 1350. The van der Waals surface area contributed by atoms with Crippen molar-refractivity contribution in [2.45, 2.75) is 19.5 Å². The van der Waals surface area contributed by atoms with Crippen LogP contribution in [0, 0.1) is 19.3 Å². The first-order chi connectivity index (χ1) is 15.5. The lowest BCUT2D eigenvalue weighted by atomic mass is 10.0. The second-order valence-electron chi connectivity index (χ2n) is 7.50. The fourth-order valence-corrected chi connectivity index (χ4v) is 3.66. The maximum absolute atomic E-state index is 6.43. The molecule has 0 spiro atoms. The number of nitrogens with zero attached hydrogens (tertiary/aromatic N) is 7. The van der Waals surface area contributed by atoms with E-state index in [4.69, 9.17) is 28.5 Å². The molecule has 4 aromatic rings. The van der Waals surface area contributed by atoms with Gasteiger partial charge >= 0.3 is 0 Å². The molecule has 0 aliphatic carbocycles. The second-order valence-corrected chi connectivity index (χ2v) is 7.88. The van der Waals surface area contributed by atoms with Crippen LogP contribution in [0.1, 0.15) is 22.9 Å². The third-order valence-electron chi connectivity index (χ3n) is 5.37. The van der Waals surface area contributed by atoms with Crippen molar-refractivity contribution in [1.29, 1.82) is 0 Å². The zero-order chi connectivity index (χ0) is 22.2. The standard InChI is InChI=1S/C22H19ClN8O/c1-3-14-5-4-6-17(13(14)2)22-25-20(19(23)21(24)26-22)18-10-30(29-27-18)9-15-7-8-31(28-15)16-11-32-12-16/h1,4-8,10,16H,9,11-12H2,2H3,(H2,24,25,26). The lowest BCUT2D eigenvalue weighted by molar-refractivity contribution is -0.0288. The molecular weight excluding hydrogens is 428 g/mol. The van der Waals surface area contributed by atoms with E-state index in [1.54, 1.807) is 10.9 Å². The van der Waals surface area contributed by atoms with Crippen LogP contribution >= 0.6 is 11.6 Å². The zero-order valence-corrected chi connectivity index (χ0v) is 18.0. The minimum Gasteiger partial charge on any atom is -0.382 e. The molecule has 4 heterocycles. The maximum atomic E-state index is 6.43. The quantitative estimate of drug-likeness (QED) is 0.469. The van der Waals surface area contributed by atoms with Gasteiger partial charge in [0, 0.05) is 17.3 Å². The van der Waals surface area contributed by atoms with Gasteiger partial charge in [-0.1, -0.05) is 34.9 Å². The van der Waals surface area contributed by atoms with Crippen molar-refractivity contribution in [3.8, 4) is 35.1 Å². The Morgan fingerprint density at radius 3 is 2.88 bits per heavy atom. The van der Waals surface area contributed by atoms with Crippen LogP contribution in [0.4, 0.5) is 5.82 Å². The first kappa shape index (κ1) is 20.2. The Hall–Kier alpha value is -3.74. The van der Waals surface area contributed by atoms with Gasteiger partial charge in [-0.25, -0.2) is 14.6 Å². The number of anilines is 1. The van der Waals surface area contributed by atoms with Gasteiger partial charge in [0.05, 0.1) is 37.7 Å². The zero-order valence-electron chi connectivity index (χ0n) is 17.2. The Morgan fingerprint density at radius 2 is 2.12 bits per heavy atom. The monoisotopic (exact) mass is 446 g/mol. The largest absolute Gasteiger partial charge is 0.382 e. The molecule has 0 unspecified atom stereocenters. The van der Waals surface area contributed by atoms with Gasteiger partial charge in [0.1, 0.15) is 22.2 Å². The summed E-state index contributed by atoms with van der Waals surface area (Å²) in [6, 6.07) is 7.87. The molecular formula is C22H19ClN8O. The molecule has 1 saturated heterocycles. The number of nitrogens with two attached hydrogens (primary N) is 1. The fraction of sp³-hybridized carbons (Fsp3) is 0.227. The third-order valence-corrected chi connectivity index (χ3v) is 5.74. The van der Waals surface area contributed by atoms with Crippen molar-refractivity contribution in [1.82, 2.24) is 34.7 Å². The molecule has 0 saturated carbocycles. The number of hydrogen-bond donors (Lipinski definition) is 1. The van der Waals surface area contributed by atoms with Crippen LogP contribution in [0.3, 0.4) is 0 Å². The number of aromatic nitrogens is 7. The van der Waals surface area contributed by atoms with Gasteiger partial charge in [-0.3, -0.25) is 4.68 Å². The summed E-state index contributed by atoms with van der Waals surface area (Å²) in [5.41, 5.74) is 10.3. The maximum Gasteiger partial charge on any atom is 0.162 e. The van der Waals surface area contributed by atoms with E-state index in [1.165, 1.54) is 0 Å². The van der Waals surface area contributed by atoms with Gasteiger partial charge in [-0.2, -0.15) is 5.10 Å². The van der Waals surface area contributed by atoms with E-state index in [0.717, 1.165) is 22.4 Å². The van der Waals surface area contributed by atoms with E-state index in [1.807, 2.05) is 42.1 Å². The summed E-state index contributed by atoms with van der Waals surface area (Å²) in [6.07, 6.45) is 9.30. The Balaban J connectivity index is 1.46. The highest BCUT2D eigenvalue weighted by Crippen LogP contribution is 2.32. The molecule has 3 aromatic heterocycles. The number of nitrogen functional groups attached to an aromatic ring is 1. The van der Waals surface area contributed by atoms with Crippen LogP contribution in [-0.4, -0.2) is 48.0 Å². The number of rotatable bonds is 5. The molecule has 9 nitrogen and oxygen atoms in total. The van der Waals surface area contributed by atoms with Gasteiger partial charge in [0.15, 0.2) is 5.82 Å². The Morgan fingerprint density at radius 1 is 1.28 bits per heavy atom. The molecule has 1 fully saturated rings. The molecule has 160 valence electrons. The normalized spacial score (nSPS) is 13.7. The number of hydrogen-bond acceptors (Lipinski definition) is 7. The summed E-state index contributed by atoms with van der Waals surface area (Å²) < 4.78 is 8.81. The summed E-state index contributed by atoms with van der Waals surface area (Å²) in [5, 5.41) is 13.2. The minimum atomic E-state index is 0.160. The average molecular weight is 447 g/mol. The average Bonchev–Trinajstić information content (AvgIpc) is 3.39. The lowest BCUT2D eigenvalue weighted by Crippen LogP contribution is -2.31. The van der Waals surface area contributed by atoms with Crippen molar-refractivity contribution in [2.75, 3.05) is 18.9 Å². The van der Waals surface area contributed by atoms with Gasteiger partial charge in [0.2, 0.25) is 0 Å². The SMILES string of the molecule is C#Cc1cccc(-c2nc(N)c(Cl)c(-c3cn(Cc4ccn(C5COC5)n4)nn3)n2)c1C. The summed E-state index contributed by atoms with van der Waals surface area (Å²) in [4.78, 5) is 9.00. The lowest BCUT2D eigenvalue weighted by Gasteiger charge is -2.25. The van der Waals surface area contributed by atoms with E-state index in [-0.39, 0.29) is 10.8 Å². The van der Waals surface area contributed by atoms with Crippen molar-refractivity contribution >= 4 is 17.4 Å². The predicted octanol–water partition coefficient (Wildman–Crippen LogP) is 2.74. The van der Waals surface area contributed by atoms with E-state index < -0.39 is 0 Å². The van der Waals surface area contributed by atoms with Crippen molar-refractivity contribution < 1.29 is 4.74 Å². The highest BCUT2D eigenvalue weighted by atomic mass is 35.5. The Kier molecular flexibility index (Phi) is 5.09. The van der Waals surface area contributed by atoms with Gasteiger partial charge in [-0.15, -0.1) is 11.5 Å². The van der Waals surface area contributed by atoms with Gasteiger partial charge in [-0.05, 0) is 24.6 Å². The van der Waals surface area contributed by atoms with Crippen molar-refractivity contribution in [3.05, 3.63) is 58.5 Å². The first-order valence-electron chi connectivity index (χ1n) is 9.95. The van der Waals surface area contributed by atoms with E-state index in [2.05, 4.69) is 31.3 Å². The van der Waals surface area contributed by atoms with Crippen LogP contribution in [-0.2, 0) is 11.3 Å². The third kappa shape index (κ3) is 3.60. The molecule has 5 rings (SSSR count). The van der Waals surface area contributed by atoms with E-state index >= 15 is 0 Å². The summed E-state index contributed by atoms with van der Waals surface area (Å²) >= 11 is 6.43. The number of ether oxygens (including phenoxy) is 1. The van der Waals surface area contributed by atoms with Gasteiger partial charge < -0.3 is 10.5 Å². The van der Waals surface area contributed by atoms with Crippen molar-refractivity contribution in [2.24, 2.45) is 0 Å².